The molecule has 0 spiro atoms. The van der Waals surface area contributed by atoms with Crippen molar-refractivity contribution in [3.63, 3.8) is 0 Å². The molecule has 1 saturated heterocycles. The number of rotatable bonds is 3. The molecule has 2 rings (SSSR count). The van der Waals surface area contributed by atoms with Crippen LogP contribution in [-0.2, 0) is 16.1 Å². The van der Waals surface area contributed by atoms with E-state index in [2.05, 4.69) is 10.7 Å². The van der Waals surface area contributed by atoms with Crippen molar-refractivity contribution >= 4 is 17.7 Å². The van der Waals surface area contributed by atoms with E-state index in [1.807, 2.05) is 6.07 Å². The first kappa shape index (κ1) is 15.1. The Kier molecular flexibility index (Phi) is 4.06. The number of hydrogen-bond acceptors (Lipinski definition) is 5. The van der Waals surface area contributed by atoms with Crippen molar-refractivity contribution in [3.05, 3.63) is 35.4 Å². The van der Waals surface area contributed by atoms with E-state index < -0.39 is 5.54 Å². The molecule has 0 saturated carbocycles. The molecule has 0 aromatic heterocycles. The van der Waals surface area contributed by atoms with Crippen LogP contribution in [0.4, 0.5) is 0 Å². The minimum atomic E-state index is -0.792. The van der Waals surface area contributed by atoms with Gasteiger partial charge in [-0.2, -0.15) is 0 Å². The van der Waals surface area contributed by atoms with Crippen molar-refractivity contribution in [2.75, 3.05) is 6.54 Å². The monoisotopic (exact) mass is 290 g/mol. The van der Waals surface area contributed by atoms with Crippen molar-refractivity contribution < 1.29 is 14.4 Å². The Morgan fingerprint density at radius 2 is 2.14 bits per heavy atom. The summed E-state index contributed by atoms with van der Waals surface area (Å²) in [6.07, 6.45) is 0. The summed E-state index contributed by atoms with van der Waals surface area (Å²) in [5.74, 6) is 4.08. The lowest BCUT2D eigenvalue weighted by molar-refractivity contribution is -0.145. The predicted octanol–water partition coefficient (Wildman–Crippen LogP) is -0.473. The maximum atomic E-state index is 11.9. The third-order valence-electron chi connectivity index (χ3n) is 3.63. The number of amides is 3. The van der Waals surface area contributed by atoms with Gasteiger partial charge in [-0.15, -0.1) is 0 Å². The normalized spacial score (nSPS) is 18.2. The Bertz CT molecular complexity index is 598. The topological polar surface area (TPSA) is 105 Å². The second kappa shape index (κ2) is 5.63. The maximum Gasteiger partial charge on any atom is 0.265 e. The zero-order chi connectivity index (χ0) is 15.6. The second-order valence-corrected chi connectivity index (χ2v) is 5.47. The van der Waals surface area contributed by atoms with E-state index in [1.54, 1.807) is 36.9 Å². The number of nitrogens with one attached hydrogen (secondary N) is 2. The van der Waals surface area contributed by atoms with Crippen molar-refractivity contribution in [3.8, 4) is 0 Å². The lowest BCUT2D eigenvalue weighted by atomic mass is 9.97. The van der Waals surface area contributed by atoms with Gasteiger partial charge in [0.05, 0.1) is 12.1 Å². The van der Waals surface area contributed by atoms with Gasteiger partial charge in [0.2, 0.25) is 11.8 Å². The SMILES string of the molecule is CC1(C)C(=O)NC(=O)CN1Cc1cccc(C(=O)NN)c1. The molecule has 1 fully saturated rings. The van der Waals surface area contributed by atoms with Gasteiger partial charge in [0, 0.05) is 12.1 Å². The highest BCUT2D eigenvalue weighted by atomic mass is 16.2. The number of hydrazine groups is 1. The first-order valence-corrected chi connectivity index (χ1v) is 6.54. The Balaban J connectivity index is 2.22. The second-order valence-electron chi connectivity index (χ2n) is 5.47. The van der Waals surface area contributed by atoms with Gasteiger partial charge in [-0.3, -0.25) is 30.0 Å². The van der Waals surface area contributed by atoms with Gasteiger partial charge in [-0.1, -0.05) is 12.1 Å². The number of nitrogens with two attached hydrogens (primary N) is 1. The van der Waals surface area contributed by atoms with E-state index in [0.717, 1.165) is 5.56 Å². The van der Waals surface area contributed by atoms with Gasteiger partial charge in [-0.05, 0) is 31.5 Å². The van der Waals surface area contributed by atoms with Crippen LogP contribution in [0.3, 0.4) is 0 Å². The number of nitrogen functional groups attached to an aromatic ring is 1. The molecule has 0 aliphatic carbocycles. The molecular weight excluding hydrogens is 272 g/mol. The molecule has 1 aromatic carbocycles. The number of benzene rings is 1. The summed E-state index contributed by atoms with van der Waals surface area (Å²) in [4.78, 5) is 36.7. The van der Waals surface area contributed by atoms with Crippen LogP contribution < -0.4 is 16.6 Å². The number of carbonyl (C=O) groups is 3. The number of nitrogens with zero attached hydrogens (tertiary/aromatic N) is 1. The fourth-order valence-electron chi connectivity index (χ4n) is 2.20. The third-order valence-corrected chi connectivity index (χ3v) is 3.63. The van der Waals surface area contributed by atoms with Crippen LogP contribution in [0, 0.1) is 0 Å². The van der Waals surface area contributed by atoms with Crippen LogP contribution in [0.2, 0.25) is 0 Å². The van der Waals surface area contributed by atoms with Crippen molar-refractivity contribution in [1.82, 2.24) is 15.6 Å². The number of imide groups is 1. The van der Waals surface area contributed by atoms with E-state index in [-0.39, 0.29) is 24.3 Å². The van der Waals surface area contributed by atoms with Crippen molar-refractivity contribution in [2.45, 2.75) is 25.9 Å². The van der Waals surface area contributed by atoms with Gasteiger partial charge >= 0.3 is 0 Å². The smallest absolute Gasteiger partial charge is 0.265 e. The van der Waals surface area contributed by atoms with E-state index in [0.29, 0.717) is 12.1 Å². The Morgan fingerprint density at radius 1 is 1.43 bits per heavy atom. The van der Waals surface area contributed by atoms with E-state index in [4.69, 9.17) is 5.84 Å². The molecule has 21 heavy (non-hydrogen) atoms. The molecule has 0 bridgehead atoms. The van der Waals surface area contributed by atoms with Gasteiger partial charge in [0.15, 0.2) is 0 Å². The molecule has 1 aliphatic heterocycles. The Morgan fingerprint density at radius 3 is 2.81 bits per heavy atom. The van der Waals surface area contributed by atoms with Crippen molar-refractivity contribution in [2.24, 2.45) is 5.84 Å². The summed E-state index contributed by atoms with van der Waals surface area (Å²) < 4.78 is 0. The lowest BCUT2D eigenvalue weighted by Crippen LogP contribution is -2.63. The fourth-order valence-corrected chi connectivity index (χ4v) is 2.20. The molecule has 7 nitrogen and oxygen atoms in total. The predicted molar refractivity (Wildman–Crippen MR) is 75.7 cm³/mol. The van der Waals surface area contributed by atoms with Crippen LogP contribution in [0.1, 0.15) is 29.8 Å². The number of carbonyl (C=O) groups excluding carboxylic acids is 3. The molecule has 0 atom stereocenters. The first-order valence-electron chi connectivity index (χ1n) is 6.54. The fraction of sp³-hybridized carbons (Fsp3) is 0.357. The summed E-state index contributed by atoms with van der Waals surface area (Å²) in [5, 5.41) is 2.32. The molecule has 112 valence electrons. The molecule has 7 heteroatoms. The molecule has 1 aliphatic rings. The minimum Gasteiger partial charge on any atom is -0.294 e. The summed E-state index contributed by atoms with van der Waals surface area (Å²) in [6, 6.07) is 6.90. The highest BCUT2D eigenvalue weighted by Crippen LogP contribution is 2.21. The third kappa shape index (κ3) is 3.09. The Labute approximate surface area is 122 Å². The van der Waals surface area contributed by atoms with Crippen molar-refractivity contribution in [1.29, 1.82) is 0 Å². The van der Waals surface area contributed by atoms with E-state index in [1.165, 1.54) is 0 Å². The molecule has 1 heterocycles. The van der Waals surface area contributed by atoms with E-state index in [9.17, 15) is 14.4 Å². The Hall–Kier alpha value is -2.25. The molecule has 4 N–H and O–H groups in total. The van der Waals surface area contributed by atoms with Gasteiger partial charge in [-0.25, -0.2) is 5.84 Å². The number of hydrogen-bond donors (Lipinski definition) is 3. The average Bonchev–Trinajstić information content (AvgIpc) is 2.44. The summed E-state index contributed by atoms with van der Waals surface area (Å²) >= 11 is 0. The molecule has 0 unspecified atom stereocenters. The quantitative estimate of drug-likeness (QED) is 0.302. The maximum absolute atomic E-state index is 11.9. The standard InChI is InChI=1S/C14H18N4O3/c1-14(2)13(21)16-11(19)8-18(14)7-9-4-3-5-10(6-9)12(20)17-15/h3-6H,7-8,15H2,1-2H3,(H,17,20)(H,16,19,21). The van der Waals surface area contributed by atoms with Crippen LogP contribution in [0.5, 0.6) is 0 Å². The summed E-state index contributed by atoms with van der Waals surface area (Å²) in [7, 11) is 0. The first-order chi connectivity index (χ1) is 9.84. The lowest BCUT2D eigenvalue weighted by Gasteiger charge is -2.40. The molecular formula is C14H18N4O3. The van der Waals surface area contributed by atoms with Crippen LogP contribution in [0.15, 0.2) is 24.3 Å². The molecule has 3 amide bonds. The van der Waals surface area contributed by atoms with Gasteiger partial charge < -0.3 is 0 Å². The summed E-state index contributed by atoms with van der Waals surface area (Å²) in [6.45, 7) is 4.03. The average molecular weight is 290 g/mol. The van der Waals surface area contributed by atoms with Gasteiger partial charge in [0.25, 0.3) is 5.91 Å². The zero-order valence-electron chi connectivity index (χ0n) is 12.0. The largest absolute Gasteiger partial charge is 0.294 e. The highest BCUT2D eigenvalue weighted by Gasteiger charge is 2.40. The summed E-state index contributed by atoms with van der Waals surface area (Å²) in [5.41, 5.74) is 2.54. The van der Waals surface area contributed by atoms with Crippen LogP contribution in [-0.4, -0.2) is 34.7 Å². The number of piperazine rings is 1. The zero-order valence-corrected chi connectivity index (χ0v) is 12.0. The van der Waals surface area contributed by atoms with Crippen LogP contribution >= 0.6 is 0 Å². The minimum absolute atomic E-state index is 0.131. The molecule has 1 aromatic rings. The van der Waals surface area contributed by atoms with Gasteiger partial charge in [0.1, 0.15) is 0 Å². The highest BCUT2D eigenvalue weighted by molar-refractivity contribution is 6.02. The van der Waals surface area contributed by atoms with Crippen LogP contribution in [0.25, 0.3) is 0 Å². The van der Waals surface area contributed by atoms with E-state index >= 15 is 0 Å². The molecule has 0 radical (unpaired) electrons.